The summed E-state index contributed by atoms with van der Waals surface area (Å²) in [5.41, 5.74) is -6.92. The predicted molar refractivity (Wildman–Crippen MR) is 116 cm³/mol. The number of alkyl halides is 1. The number of Topliss-reactive ketones (excluding diaryl/α,β-unsaturated/α-hetero) is 2. The van der Waals surface area contributed by atoms with Crippen LogP contribution in [-0.4, -0.2) is 64.3 Å². The van der Waals surface area contributed by atoms with Gasteiger partial charge in [-0.15, -0.1) is 0 Å². The molecule has 0 heterocycles. The lowest BCUT2D eigenvalue weighted by Gasteiger charge is -2.62. The largest absolute Gasteiger partial charge is 0.509 e. The van der Waals surface area contributed by atoms with Crippen molar-refractivity contribution in [2.75, 3.05) is 13.2 Å². The Labute approximate surface area is 197 Å². The smallest absolute Gasteiger partial charge is 0.435 e. The highest BCUT2D eigenvalue weighted by molar-refractivity contribution is 6.10. The highest BCUT2D eigenvalue weighted by Crippen LogP contribution is 2.71. The lowest BCUT2D eigenvalue weighted by molar-refractivity contribution is -0.220. The molecular weight excluding hydrogens is 447 g/mol. The molecule has 0 radical (unpaired) electrons. The Morgan fingerprint density at radius 2 is 1.91 bits per heavy atom. The number of hydrogen-bond acceptors (Lipinski definition) is 8. The van der Waals surface area contributed by atoms with Crippen LogP contribution in [0.5, 0.6) is 0 Å². The maximum Gasteiger partial charge on any atom is 0.509 e. The fraction of sp³-hybridized carbons (Fsp3) is 0.680. The highest BCUT2D eigenvalue weighted by atomic mass is 19.1. The summed E-state index contributed by atoms with van der Waals surface area (Å²) in [5, 5.41) is 21.2. The van der Waals surface area contributed by atoms with Gasteiger partial charge in [0.25, 0.3) is 0 Å². The normalized spacial score (nSPS) is 45.1. The summed E-state index contributed by atoms with van der Waals surface area (Å²) < 4.78 is 27.8. The van der Waals surface area contributed by atoms with Gasteiger partial charge in [0.2, 0.25) is 5.78 Å². The van der Waals surface area contributed by atoms with Crippen LogP contribution in [0.1, 0.15) is 47.0 Å². The predicted octanol–water partition coefficient (Wildman–Crippen LogP) is 2.26. The number of aliphatic hydroxyl groups is 2. The Morgan fingerprint density at radius 1 is 1.24 bits per heavy atom. The quantitative estimate of drug-likeness (QED) is 0.589. The van der Waals surface area contributed by atoms with E-state index in [-0.39, 0.29) is 37.2 Å². The fourth-order valence-corrected chi connectivity index (χ4v) is 7.63. The number of rotatable bonds is 4. The van der Waals surface area contributed by atoms with Crippen molar-refractivity contribution in [2.45, 2.75) is 64.3 Å². The van der Waals surface area contributed by atoms with E-state index in [0.717, 1.165) is 6.08 Å². The van der Waals surface area contributed by atoms with Crippen molar-refractivity contribution in [3.8, 4) is 0 Å². The molecule has 8 nitrogen and oxygen atoms in total. The maximum absolute atomic E-state index is 17.2. The molecule has 2 N–H and O–H groups in total. The molecule has 0 saturated heterocycles. The maximum atomic E-state index is 17.2. The second-order valence-electron chi connectivity index (χ2n) is 10.5. The van der Waals surface area contributed by atoms with E-state index in [0.29, 0.717) is 0 Å². The molecule has 4 aliphatic carbocycles. The third kappa shape index (κ3) is 2.83. The Morgan fingerprint density at radius 3 is 2.53 bits per heavy atom. The molecule has 0 unspecified atom stereocenters. The average Bonchev–Trinajstić information content (AvgIpc) is 2.99. The molecular formula is C25H31FO8. The van der Waals surface area contributed by atoms with Gasteiger partial charge in [-0.1, -0.05) is 19.9 Å². The number of ketones is 3. The van der Waals surface area contributed by atoms with E-state index in [1.807, 2.05) is 0 Å². The minimum atomic E-state index is -2.30. The summed E-state index contributed by atoms with van der Waals surface area (Å²) in [6, 6.07) is 0. The minimum Gasteiger partial charge on any atom is -0.435 e. The van der Waals surface area contributed by atoms with Crippen molar-refractivity contribution in [3.63, 3.8) is 0 Å². The van der Waals surface area contributed by atoms with Gasteiger partial charge in [-0.05, 0) is 44.8 Å². The molecule has 8 atom stereocenters. The van der Waals surface area contributed by atoms with Crippen LogP contribution in [-0.2, 0) is 23.9 Å². The molecule has 0 aromatic rings. The van der Waals surface area contributed by atoms with Crippen molar-refractivity contribution in [1.82, 2.24) is 0 Å². The SMILES string of the molecule is CCOC(=O)O[C@]1(C(=O)CO)[C@@H](C)C[C@H]2[C@@H]3CC(=O)C4=CC(=O)C=C[C@]4(C)[C@@]3(F)[C@@H](O)C[C@@]21C. The number of allylic oxidation sites excluding steroid dienone is 4. The summed E-state index contributed by atoms with van der Waals surface area (Å²) in [6.07, 6.45) is 0.708. The first-order valence-corrected chi connectivity index (χ1v) is 11.7. The van der Waals surface area contributed by atoms with Gasteiger partial charge in [-0.3, -0.25) is 14.4 Å². The molecule has 4 rings (SSSR count). The highest BCUT2D eigenvalue weighted by Gasteiger charge is 2.78. The molecule has 3 fully saturated rings. The molecule has 3 saturated carbocycles. The van der Waals surface area contributed by atoms with E-state index in [4.69, 9.17) is 9.47 Å². The molecule has 0 bridgehead atoms. The number of halogens is 1. The van der Waals surface area contributed by atoms with Gasteiger partial charge in [0.1, 0.15) is 6.61 Å². The topological polar surface area (TPSA) is 127 Å². The summed E-state index contributed by atoms with van der Waals surface area (Å²) >= 11 is 0. The van der Waals surface area contributed by atoms with Crippen LogP contribution >= 0.6 is 0 Å². The molecule has 0 spiro atoms. The summed E-state index contributed by atoms with van der Waals surface area (Å²) in [4.78, 5) is 50.7. The second kappa shape index (κ2) is 7.81. The monoisotopic (exact) mass is 478 g/mol. The van der Waals surface area contributed by atoms with E-state index >= 15 is 4.39 Å². The van der Waals surface area contributed by atoms with Crippen LogP contribution in [0.25, 0.3) is 0 Å². The zero-order valence-corrected chi connectivity index (χ0v) is 19.8. The number of carbonyl (C=O) groups is 4. The number of aliphatic hydroxyl groups excluding tert-OH is 2. The third-order valence-electron chi connectivity index (χ3n) is 9.09. The molecule has 0 amide bonds. The fourth-order valence-electron chi connectivity index (χ4n) is 7.63. The van der Waals surface area contributed by atoms with Crippen LogP contribution in [0.3, 0.4) is 0 Å². The average molecular weight is 479 g/mol. The van der Waals surface area contributed by atoms with E-state index in [1.54, 1.807) is 20.8 Å². The Hall–Kier alpha value is -2.39. The molecule has 186 valence electrons. The van der Waals surface area contributed by atoms with E-state index in [2.05, 4.69) is 0 Å². The lowest BCUT2D eigenvalue weighted by Crippen LogP contribution is -2.71. The van der Waals surface area contributed by atoms with Crippen molar-refractivity contribution >= 4 is 23.5 Å². The Bertz CT molecular complexity index is 1020. The van der Waals surface area contributed by atoms with Gasteiger partial charge >= 0.3 is 6.16 Å². The molecule has 0 aromatic heterocycles. The van der Waals surface area contributed by atoms with Crippen molar-refractivity contribution < 1.29 is 43.3 Å². The van der Waals surface area contributed by atoms with E-state index < -0.39 is 70.3 Å². The van der Waals surface area contributed by atoms with Crippen molar-refractivity contribution in [3.05, 3.63) is 23.8 Å². The minimum absolute atomic E-state index is 0.00260. The first kappa shape index (κ1) is 24.7. The standard InChI is InChI=1S/C25H31FO8/c1-5-33-21(32)34-25(20(31)12-27)13(2)8-15-16-10-18(29)17-9-14(28)6-7-22(17,3)24(16,26)19(30)11-23(15,25)4/h6-7,9,13,15-16,19,27,30H,5,8,10-12H2,1-4H3/t13-,15-,16-,19-,22-,23-,24-,25-/m0/s1. The van der Waals surface area contributed by atoms with Crippen LogP contribution in [0.4, 0.5) is 9.18 Å². The van der Waals surface area contributed by atoms with E-state index in [1.165, 1.54) is 19.1 Å². The Balaban J connectivity index is 1.87. The van der Waals surface area contributed by atoms with Gasteiger partial charge in [0.15, 0.2) is 22.8 Å². The van der Waals surface area contributed by atoms with Crippen molar-refractivity contribution in [2.24, 2.45) is 28.6 Å². The van der Waals surface area contributed by atoms with Crippen LogP contribution < -0.4 is 0 Å². The Kier molecular flexibility index (Phi) is 5.68. The van der Waals surface area contributed by atoms with Gasteiger partial charge < -0.3 is 19.7 Å². The van der Waals surface area contributed by atoms with E-state index in [9.17, 15) is 29.4 Å². The number of fused-ring (bicyclic) bond motifs is 5. The summed E-state index contributed by atoms with van der Waals surface area (Å²) in [5.74, 6) is -3.83. The molecule has 34 heavy (non-hydrogen) atoms. The molecule has 9 heteroatoms. The molecule has 4 aliphatic rings. The van der Waals surface area contributed by atoms with Crippen molar-refractivity contribution in [1.29, 1.82) is 0 Å². The summed E-state index contributed by atoms with van der Waals surface area (Å²) in [6.45, 7) is 5.50. The third-order valence-corrected chi connectivity index (χ3v) is 9.09. The van der Waals surface area contributed by atoms with Gasteiger partial charge in [0, 0.05) is 29.2 Å². The van der Waals surface area contributed by atoms with Gasteiger partial charge in [-0.2, -0.15) is 0 Å². The van der Waals surface area contributed by atoms with Crippen LogP contribution in [0.2, 0.25) is 0 Å². The van der Waals surface area contributed by atoms with Crippen LogP contribution in [0.15, 0.2) is 23.8 Å². The molecule has 0 aromatic carbocycles. The second-order valence-corrected chi connectivity index (χ2v) is 10.5. The number of carbonyl (C=O) groups excluding carboxylic acids is 4. The lowest BCUT2D eigenvalue weighted by atomic mass is 9.44. The summed E-state index contributed by atoms with van der Waals surface area (Å²) in [7, 11) is 0. The zero-order valence-electron chi connectivity index (χ0n) is 19.8. The molecule has 0 aliphatic heterocycles. The van der Waals surface area contributed by atoms with Gasteiger partial charge in [0.05, 0.1) is 18.1 Å². The zero-order chi connectivity index (χ0) is 25.3. The van der Waals surface area contributed by atoms with Gasteiger partial charge in [-0.25, -0.2) is 9.18 Å². The first-order valence-electron chi connectivity index (χ1n) is 11.7. The van der Waals surface area contributed by atoms with Crippen LogP contribution in [0, 0.1) is 28.6 Å². The number of ether oxygens (including phenoxy) is 2. The number of hydrogen-bond donors (Lipinski definition) is 2. The first-order chi connectivity index (χ1) is 15.8.